The molecule has 0 bridgehead atoms. The van der Waals surface area contributed by atoms with Crippen LogP contribution in [0, 0.1) is 0 Å². The first-order valence-corrected chi connectivity index (χ1v) is 16.3. The molecule has 0 radical (unpaired) electrons. The number of benzene rings is 1. The fourth-order valence-corrected chi connectivity index (χ4v) is 6.07. The standard InChI is InChI=1S/C30H33ClIN8O3P/c1-16(32)20-7-8-21(31)27(44)25(20)23-14-33-22(10-30(3,4)43)26(38-23)28(42)37-19-13-36-40(15-19)17(2)18-11-34-29(35-12-18)39-9-5-6-24(39)41/h7-8,11-17,43H,5-6,9-10,44H2,1-4H3,(H,37,42)/t16?,17-/m0/s1. The van der Waals surface area contributed by atoms with E-state index < -0.39 is 11.5 Å². The lowest BCUT2D eigenvalue weighted by atomic mass is 9.99. The Balaban J connectivity index is 1.41. The summed E-state index contributed by atoms with van der Waals surface area (Å²) < 4.78 is 1.83. The van der Waals surface area contributed by atoms with Crippen molar-refractivity contribution in [2.45, 2.75) is 62.5 Å². The Bertz CT molecular complexity index is 1710. The number of hydrogen-bond donors (Lipinski definition) is 2. The van der Waals surface area contributed by atoms with Crippen LogP contribution in [0.3, 0.4) is 0 Å². The molecule has 2 N–H and O–H groups in total. The first-order valence-electron chi connectivity index (χ1n) is 14.1. The van der Waals surface area contributed by atoms with Gasteiger partial charge in [-0.2, -0.15) is 5.10 Å². The summed E-state index contributed by atoms with van der Waals surface area (Å²) >= 11 is 8.79. The van der Waals surface area contributed by atoms with Gasteiger partial charge >= 0.3 is 0 Å². The Hall–Kier alpha value is -3.06. The van der Waals surface area contributed by atoms with E-state index in [9.17, 15) is 14.7 Å². The van der Waals surface area contributed by atoms with Gasteiger partial charge in [-0.1, -0.05) is 40.3 Å². The lowest BCUT2D eigenvalue weighted by Gasteiger charge is -2.20. The molecule has 0 spiro atoms. The van der Waals surface area contributed by atoms with Crippen molar-refractivity contribution in [1.29, 1.82) is 0 Å². The number of carbonyl (C=O) groups is 2. The molecule has 2 amide bonds. The van der Waals surface area contributed by atoms with Crippen molar-refractivity contribution in [2.75, 3.05) is 16.8 Å². The summed E-state index contributed by atoms with van der Waals surface area (Å²) in [5.74, 6) is -0.0559. The quantitative estimate of drug-likeness (QED) is 0.137. The predicted molar refractivity (Wildman–Crippen MR) is 182 cm³/mol. The number of anilines is 2. The Kier molecular flexibility index (Phi) is 9.64. The van der Waals surface area contributed by atoms with Gasteiger partial charge < -0.3 is 10.4 Å². The minimum atomic E-state index is -1.12. The Morgan fingerprint density at radius 1 is 1.18 bits per heavy atom. The molecule has 2 unspecified atom stereocenters. The zero-order valence-corrected chi connectivity index (χ0v) is 28.8. The third-order valence-electron chi connectivity index (χ3n) is 7.28. The number of rotatable bonds is 9. The van der Waals surface area contributed by atoms with Gasteiger partial charge in [-0.25, -0.2) is 15.0 Å². The van der Waals surface area contributed by atoms with Crippen LogP contribution in [0.2, 0.25) is 5.02 Å². The zero-order chi connectivity index (χ0) is 31.8. The average molecular weight is 747 g/mol. The highest BCUT2D eigenvalue weighted by Gasteiger charge is 2.26. The van der Waals surface area contributed by atoms with Crippen LogP contribution in [-0.4, -0.2) is 58.8 Å². The molecule has 4 heterocycles. The summed E-state index contributed by atoms with van der Waals surface area (Å²) in [6, 6.07) is 3.55. The molecule has 0 aliphatic carbocycles. The maximum Gasteiger partial charge on any atom is 0.276 e. The highest BCUT2D eigenvalue weighted by molar-refractivity contribution is 14.1. The van der Waals surface area contributed by atoms with Crippen LogP contribution in [0.4, 0.5) is 11.6 Å². The first kappa shape index (κ1) is 32.3. The van der Waals surface area contributed by atoms with Crippen molar-refractivity contribution in [3.05, 3.63) is 70.7 Å². The van der Waals surface area contributed by atoms with E-state index in [1.807, 2.05) is 19.1 Å². The number of nitrogens with one attached hydrogen (secondary N) is 1. The van der Waals surface area contributed by atoms with E-state index in [4.69, 9.17) is 16.6 Å². The third-order valence-corrected chi connectivity index (χ3v) is 9.07. The number of hydrogen-bond acceptors (Lipinski definition) is 8. The van der Waals surface area contributed by atoms with E-state index in [2.05, 4.69) is 64.1 Å². The Labute approximate surface area is 276 Å². The van der Waals surface area contributed by atoms with Crippen LogP contribution in [0.1, 0.15) is 77.8 Å². The van der Waals surface area contributed by atoms with Crippen LogP contribution < -0.4 is 15.5 Å². The largest absolute Gasteiger partial charge is 0.390 e. The van der Waals surface area contributed by atoms with Gasteiger partial charge in [-0.3, -0.25) is 24.2 Å². The molecule has 1 aliphatic heterocycles. The molecule has 3 atom stereocenters. The molecule has 1 aliphatic rings. The molecule has 1 aromatic carbocycles. The monoisotopic (exact) mass is 746 g/mol. The van der Waals surface area contributed by atoms with Crippen LogP contribution in [0.25, 0.3) is 11.3 Å². The second-order valence-corrected chi connectivity index (χ2v) is 14.2. The van der Waals surface area contributed by atoms with Crippen molar-refractivity contribution < 1.29 is 14.7 Å². The number of carbonyl (C=O) groups excluding carboxylic acids is 2. The number of aromatic nitrogens is 6. The van der Waals surface area contributed by atoms with Crippen LogP contribution >= 0.6 is 43.4 Å². The minimum absolute atomic E-state index is 0.0285. The molecule has 1 fully saturated rings. The average Bonchev–Trinajstić information content (AvgIpc) is 3.62. The van der Waals surface area contributed by atoms with Gasteiger partial charge in [0.2, 0.25) is 11.9 Å². The molecule has 14 heteroatoms. The van der Waals surface area contributed by atoms with E-state index >= 15 is 0 Å². The molecular weight excluding hydrogens is 714 g/mol. The highest BCUT2D eigenvalue weighted by Crippen LogP contribution is 2.34. The van der Waals surface area contributed by atoms with Gasteiger partial charge in [-0.15, -0.1) is 9.24 Å². The second-order valence-electron chi connectivity index (χ2n) is 11.4. The fourth-order valence-electron chi connectivity index (χ4n) is 4.99. The van der Waals surface area contributed by atoms with E-state index in [0.717, 1.165) is 28.4 Å². The predicted octanol–water partition coefficient (Wildman–Crippen LogP) is 5.08. The summed E-state index contributed by atoms with van der Waals surface area (Å²) in [7, 11) is 2.67. The van der Waals surface area contributed by atoms with Crippen molar-refractivity contribution in [2.24, 2.45) is 0 Å². The third kappa shape index (κ3) is 7.09. The first-order chi connectivity index (χ1) is 20.8. The molecular formula is C30H33ClIN8O3P. The van der Waals surface area contributed by atoms with E-state index in [0.29, 0.717) is 41.0 Å². The van der Waals surface area contributed by atoms with Gasteiger partial charge in [0.15, 0.2) is 5.69 Å². The smallest absolute Gasteiger partial charge is 0.276 e. The highest BCUT2D eigenvalue weighted by atomic mass is 127. The summed E-state index contributed by atoms with van der Waals surface area (Å²) in [5.41, 5.74) is 2.91. The van der Waals surface area contributed by atoms with E-state index in [-0.39, 0.29) is 28.0 Å². The van der Waals surface area contributed by atoms with Crippen LogP contribution in [0.15, 0.2) is 43.1 Å². The Morgan fingerprint density at radius 3 is 2.55 bits per heavy atom. The molecule has 5 rings (SSSR count). The van der Waals surface area contributed by atoms with Gasteiger partial charge in [0.25, 0.3) is 5.91 Å². The summed E-state index contributed by atoms with van der Waals surface area (Å²) in [5, 5.41) is 19.2. The summed E-state index contributed by atoms with van der Waals surface area (Å²) in [4.78, 5) is 45.5. The van der Waals surface area contributed by atoms with Crippen molar-refractivity contribution in [3.63, 3.8) is 0 Å². The molecule has 1 saturated heterocycles. The molecule has 3 aromatic heterocycles. The maximum absolute atomic E-state index is 13.7. The van der Waals surface area contributed by atoms with Crippen molar-refractivity contribution in [3.8, 4) is 11.3 Å². The van der Waals surface area contributed by atoms with Gasteiger partial charge in [0.05, 0.1) is 41.1 Å². The molecule has 4 aromatic rings. The summed E-state index contributed by atoms with van der Waals surface area (Å²) in [6.07, 6.45) is 9.68. The number of aliphatic hydroxyl groups is 1. The van der Waals surface area contributed by atoms with Gasteiger partial charge in [-0.05, 0) is 51.1 Å². The normalized spacial score (nSPS) is 15.0. The van der Waals surface area contributed by atoms with Gasteiger partial charge in [0, 0.05) is 58.1 Å². The van der Waals surface area contributed by atoms with Gasteiger partial charge in [0.1, 0.15) is 0 Å². The SMILES string of the molecule is CC(I)c1ccc(Cl)c(P)c1-c1cnc(CC(C)(C)O)c(C(=O)Nc2cnn([C@@H](C)c3cnc(N4CCCC4=O)nc3)c2)n1. The number of halogens is 2. The molecule has 0 saturated carbocycles. The van der Waals surface area contributed by atoms with E-state index in [1.54, 1.807) is 54.4 Å². The maximum atomic E-state index is 13.7. The lowest BCUT2D eigenvalue weighted by molar-refractivity contribution is -0.117. The minimum Gasteiger partial charge on any atom is -0.390 e. The van der Waals surface area contributed by atoms with E-state index in [1.165, 1.54) is 0 Å². The fraction of sp³-hybridized carbons (Fsp3) is 0.367. The Morgan fingerprint density at radius 2 is 1.91 bits per heavy atom. The van der Waals surface area contributed by atoms with Crippen LogP contribution in [-0.2, 0) is 11.2 Å². The molecule has 44 heavy (non-hydrogen) atoms. The summed E-state index contributed by atoms with van der Waals surface area (Å²) in [6.45, 7) is 7.93. The number of nitrogens with zero attached hydrogens (tertiary/aromatic N) is 7. The number of alkyl halides is 1. The molecule has 11 nitrogen and oxygen atoms in total. The van der Waals surface area contributed by atoms with Crippen molar-refractivity contribution >= 4 is 72.2 Å². The van der Waals surface area contributed by atoms with Crippen LogP contribution in [0.5, 0.6) is 0 Å². The lowest BCUT2D eigenvalue weighted by Crippen LogP contribution is -2.26. The zero-order valence-electron chi connectivity index (χ0n) is 24.8. The van der Waals surface area contributed by atoms with Crippen molar-refractivity contribution in [1.82, 2.24) is 29.7 Å². The second kappa shape index (κ2) is 13.1. The molecule has 230 valence electrons. The number of amides is 2. The topological polar surface area (TPSA) is 139 Å².